The maximum absolute atomic E-state index is 12.8. The minimum atomic E-state index is -1.19. The van der Waals surface area contributed by atoms with Crippen LogP contribution in [-0.2, 0) is 5.41 Å². The maximum Gasteiger partial charge on any atom is 0.185 e. The summed E-state index contributed by atoms with van der Waals surface area (Å²) >= 11 is 0. The number of fused-ring (bicyclic) bond motifs is 1. The van der Waals surface area contributed by atoms with Crippen LogP contribution in [0.15, 0.2) is 66.7 Å². The molecule has 98 valence electrons. The largest absolute Gasteiger partial charge is 0.292 e. The highest BCUT2D eigenvalue weighted by Gasteiger charge is 2.52. The molecule has 0 bridgehead atoms. The number of hydrogen-bond acceptors (Lipinski definition) is 2. The number of ketones is 2. The lowest BCUT2D eigenvalue weighted by atomic mass is 9.76. The number of benzene rings is 2. The third-order valence-corrected chi connectivity index (χ3v) is 3.78. The van der Waals surface area contributed by atoms with Crippen LogP contribution in [0.5, 0.6) is 0 Å². The van der Waals surface area contributed by atoms with Gasteiger partial charge in [-0.25, -0.2) is 0 Å². The van der Waals surface area contributed by atoms with Crippen LogP contribution in [0.25, 0.3) is 0 Å². The van der Waals surface area contributed by atoms with Crippen LogP contribution in [0, 0.1) is 0 Å². The van der Waals surface area contributed by atoms with Crippen molar-refractivity contribution >= 4 is 11.6 Å². The first-order chi connectivity index (χ1) is 9.71. The Morgan fingerprint density at radius 3 is 1.80 bits per heavy atom. The van der Waals surface area contributed by atoms with Gasteiger partial charge in [0, 0.05) is 11.1 Å². The molecule has 3 rings (SSSR count). The van der Waals surface area contributed by atoms with E-state index in [0.717, 1.165) is 5.56 Å². The van der Waals surface area contributed by atoms with E-state index in [1.807, 2.05) is 37.3 Å². The molecule has 0 amide bonds. The molecule has 2 aromatic rings. The molecule has 2 aromatic carbocycles. The van der Waals surface area contributed by atoms with E-state index >= 15 is 0 Å². The van der Waals surface area contributed by atoms with Crippen LogP contribution in [0.3, 0.4) is 0 Å². The van der Waals surface area contributed by atoms with Crippen LogP contribution >= 0.6 is 0 Å². The number of carbonyl (C=O) groups is 2. The van der Waals surface area contributed by atoms with Gasteiger partial charge in [0.05, 0.1) is 0 Å². The van der Waals surface area contributed by atoms with E-state index in [1.165, 1.54) is 0 Å². The van der Waals surface area contributed by atoms with Gasteiger partial charge in [-0.1, -0.05) is 66.7 Å². The van der Waals surface area contributed by atoms with E-state index in [-0.39, 0.29) is 11.6 Å². The van der Waals surface area contributed by atoms with Crippen molar-refractivity contribution in [2.75, 3.05) is 0 Å². The van der Waals surface area contributed by atoms with E-state index in [0.29, 0.717) is 11.1 Å². The summed E-state index contributed by atoms with van der Waals surface area (Å²) in [5, 5.41) is 0. The SMILES string of the molecule is C/C=C/C1(c2ccccc2)C(=O)c2ccccc2C1=O. The second-order valence-corrected chi connectivity index (χ2v) is 4.88. The Kier molecular flexibility index (Phi) is 2.87. The van der Waals surface area contributed by atoms with Crippen molar-refractivity contribution in [3.8, 4) is 0 Å². The summed E-state index contributed by atoms with van der Waals surface area (Å²) < 4.78 is 0. The molecule has 0 fully saturated rings. The highest BCUT2D eigenvalue weighted by atomic mass is 16.2. The summed E-state index contributed by atoms with van der Waals surface area (Å²) in [6, 6.07) is 16.3. The average Bonchev–Trinajstić information content (AvgIpc) is 2.72. The smallest absolute Gasteiger partial charge is 0.185 e. The second kappa shape index (κ2) is 4.57. The van der Waals surface area contributed by atoms with Gasteiger partial charge in [0.25, 0.3) is 0 Å². The number of rotatable bonds is 2. The molecule has 0 atom stereocenters. The van der Waals surface area contributed by atoms with Crippen LogP contribution < -0.4 is 0 Å². The molecule has 0 heterocycles. The zero-order valence-electron chi connectivity index (χ0n) is 11.2. The Labute approximate surface area is 117 Å². The lowest BCUT2D eigenvalue weighted by Gasteiger charge is -2.22. The normalized spacial score (nSPS) is 16.6. The van der Waals surface area contributed by atoms with Gasteiger partial charge in [0.2, 0.25) is 0 Å². The Bertz CT molecular complexity index is 676. The van der Waals surface area contributed by atoms with Gasteiger partial charge >= 0.3 is 0 Å². The molecule has 20 heavy (non-hydrogen) atoms. The van der Waals surface area contributed by atoms with Crippen LogP contribution in [0.1, 0.15) is 33.2 Å². The number of hydrogen-bond donors (Lipinski definition) is 0. The van der Waals surface area contributed by atoms with E-state index in [4.69, 9.17) is 0 Å². The molecular weight excluding hydrogens is 248 g/mol. The predicted octanol–water partition coefficient (Wildman–Crippen LogP) is 3.58. The third kappa shape index (κ3) is 1.51. The van der Waals surface area contributed by atoms with Crippen molar-refractivity contribution in [3.05, 3.63) is 83.4 Å². The maximum atomic E-state index is 12.8. The molecule has 1 aliphatic rings. The molecule has 0 spiro atoms. The molecule has 0 aliphatic heterocycles. The molecular formula is C18H14O2. The summed E-state index contributed by atoms with van der Waals surface area (Å²) in [4.78, 5) is 25.7. The van der Waals surface area contributed by atoms with Crippen LogP contribution in [-0.4, -0.2) is 11.6 Å². The lowest BCUT2D eigenvalue weighted by Crippen LogP contribution is -2.36. The van der Waals surface area contributed by atoms with Gasteiger partial charge in [-0.15, -0.1) is 0 Å². The summed E-state index contributed by atoms with van der Waals surface area (Å²) in [6.45, 7) is 1.83. The monoisotopic (exact) mass is 262 g/mol. The first kappa shape index (κ1) is 12.5. The van der Waals surface area contributed by atoms with Gasteiger partial charge in [-0.3, -0.25) is 9.59 Å². The fourth-order valence-electron chi connectivity index (χ4n) is 2.87. The van der Waals surface area contributed by atoms with Crippen molar-refractivity contribution < 1.29 is 9.59 Å². The second-order valence-electron chi connectivity index (χ2n) is 4.88. The van der Waals surface area contributed by atoms with Gasteiger partial charge in [0.15, 0.2) is 11.6 Å². The highest BCUT2D eigenvalue weighted by Crippen LogP contribution is 2.40. The molecule has 0 unspecified atom stereocenters. The summed E-state index contributed by atoms with van der Waals surface area (Å²) in [6.07, 6.45) is 3.49. The van der Waals surface area contributed by atoms with Crippen molar-refractivity contribution in [2.45, 2.75) is 12.3 Å². The van der Waals surface area contributed by atoms with Gasteiger partial charge in [-0.05, 0) is 12.5 Å². The topological polar surface area (TPSA) is 34.1 Å². The standard InChI is InChI=1S/C18H14O2/c1-2-12-18(13-8-4-3-5-9-13)16(19)14-10-6-7-11-15(14)17(18)20/h2-12H,1H3/b12-2+. The molecule has 0 aromatic heterocycles. The lowest BCUT2D eigenvalue weighted by molar-refractivity contribution is 0.0835. The Hall–Kier alpha value is -2.48. The molecule has 0 saturated heterocycles. The Morgan fingerprint density at radius 1 is 0.800 bits per heavy atom. The quantitative estimate of drug-likeness (QED) is 0.612. The first-order valence-electron chi connectivity index (χ1n) is 6.60. The molecule has 0 N–H and O–H groups in total. The fourth-order valence-corrected chi connectivity index (χ4v) is 2.87. The van der Waals surface area contributed by atoms with E-state index in [1.54, 1.807) is 36.4 Å². The van der Waals surface area contributed by atoms with E-state index < -0.39 is 5.41 Å². The number of carbonyl (C=O) groups excluding carboxylic acids is 2. The zero-order valence-corrected chi connectivity index (χ0v) is 11.2. The van der Waals surface area contributed by atoms with Crippen molar-refractivity contribution in [1.29, 1.82) is 0 Å². The van der Waals surface area contributed by atoms with Crippen molar-refractivity contribution in [3.63, 3.8) is 0 Å². The molecule has 1 aliphatic carbocycles. The third-order valence-electron chi connectivity index (χ3n) is 3.78. The molecule has 0 radical (unpaired) electrons. The van der Waals surface area contributed by atoms with E-state index in [2.05, 4.69) is 0 Å². The van der Waals surface area contributed by atoms with Gasteiger partial charge < -0.3 is 0 Å². The predicted molar refractivity (Wildman–Crippen MR) is 78.0 cm³/mol. The summed E-state index contributed by atoms with van der Waals surface area (Å²) in [5.41, 5.74) is 0.558. The first-order valence-corrected chi connectivity index (χ1v) is 6.60. The van der Waals surface area contributed by atoms with Gasteiger partial charge in [0.1, 0.15) is 5.41 Å². The molecule has 2 nitrogen and oxygen atoms in total. The zero-order chi connectivity index (χ0) is 14.2. The minimum absolute atomic E-state index is 0.137. The summed E-state index contributed by atoms with van der Waals surface area (Å²) in [5.74, 6) is -0.273. The highest BCUT2D eigenvalue weighted by molar-refractivity contribution is 6.34. The van der Waals surface area contributed by atoms with Crippen molar-refractivity contribution in [1.82, 2.24) is 0 Å². The molecule has 2 heteroatoms. The Balaban J connectivity index is 2.30. The number of Topliss-reactive ketones (excluding diaryl/α,β-unsaturated/α-hetero) is 2. The summed E-state index contributed by atoms with van der Waals surface area (Å²) in [7, 11) is 0. The molecule has 0 saturated carbocycles. The Morgan fingerprint density at radius 2 is 1.30 bits per heavy atom. The minimum Gasteiger partial charge on any atom is -0.292 e. The fraction of sp³-hybridized carbons (Fsp3) is 0.111. The van der Waals surface area contributed by atoms with Crippen molar-refractivity contribution in [2.24, 2.45) is 0 Å². The van der Waals surface area contributed by atoms with Gasteiger partial charge in [-0.2, -0.15) is 0 Å². The number of allylic oxidation sites excluding steroid dienone is 2. The van der Waals surface area contributed by atoms with Crippen LogP contribution in [0.4, 0.5) is 0 Å². The van der Waals surface area contributed by atoms with Crippen LogP contribution in [0.2, 0.25) is 0 Å². The average molecular weight is 262 g/mol. The van der Waals surface area contributed by atoms with E-state index in [9.17, 15) is 9.59 Å².